The zero-order valence-electron chi connectivity index (χ0n) is 8.97. The Morgan fingerprint density at radius 3 is 2.38 bits per heavy atom. The second kappa shape index (κ2) is 5.97. The van der Waals surface area contributed by atoms with Crippen LogP contribution >= 0.6 is 23.2 Å². The molecule has 0 heterocycles. The molecule has 3 nitrogen and oxygen atoms in total. The van der Waals surface area contributed by atoms with Crippen molar-refractivity contribution in [3.05, 3.63) is 28.2 Å². The molecule has 0 unspecified atom stereocenters. The molecular formula is C11H14Cl2N2O. The Balaban J connectivity index is 2.73. The first kappa shape index (κ1) is 13.1. The summed E-state index contributed by atoms with van der Waals surface area (Å²) in [6.45, 7) is 1.98. The summed E-state index contributed by atoms with van der Waals surface area (Å²) in [6, 6.07) is 5.18. The molecule has 1 atom stereocenters. The predicted octanol–water partition coefficient (Wildman–Crippen LogP) is 3.06. The summed E-state index contributed by atoms with van der Waals surface area (Å²) in [7, 11) is 0. The zero-order chi connectivity index (χ0) is 12.1. The molecule has 1 amide bonds. The van der Waals surface area contributed by atoms with Crippen LogP contribution < -0.4 is 11.1 Å². The van der Waals surface area contributed by atoms with Crippen LogP contribution in [0.3, 0.4) is 0 Å². The van der Waals surface area contributed by atoms with E-state index in [1.807, 2.05) is 6.92 Å². The largest absolute Gasteiger partial charge is 0.382 e. The lowest BCUT2D eigenvalue weighted by Gasteiger charge is -2.17. The third-order valence-electron chi connectivity index (χ3n) is 2.17. The van der Waals surface area contributed by atoms with Crippen LogP contribution in [0, 0.1) is 0 Å². The van der Waals surface area contributed by atoms with Crippen molar-refractivity contribution >= 4 is 34.8 Å². The molecule has 0 saturated heterocycles. The summed E-state index contributed by atoms with van der Waals surface area (Å²) >= 11 is 11.7. The average molecular weight is 261 g/mol. The average Bonchev–Trinajstić information content (AvgIpc) is 2.14. The van der Waals surface area contributed by atoms with E-state index in [1.165, 1.54) is 0 Å². The molecule has 1 aromatic carbocycles. The third-order valence-corrected chi connectivity index (χ3v) is 2.61. The van der Waals surface area contributed by atoms with Crippen LogP contribution in [0.25, 0.3) is 0 Å². The lowest BCUT2D eigenvalue weighted by Crippen LogP contribution is -2.26. The Bertz CT molecular complexity index is 362. The number of nitrogens with one attached hydrogen (secondary N) is 1. The van der Waals surface area contributed by atoms with Gasteiger partial charge in [0.25, 0.3) is 0 Å². The highest BCUT2D eigenvalue weighted by atomic mass is 35.5. The molecule has 0 aliphatic rings. The quantitative estimate of drug-likeness (QED) is 0.855. The first-order chi connectivity index (χ1) is 7.51. The molecule has 0 aliphatic carbocycles. The Hall–Kier alpha value is -0.930. The number of anilines is 1. The smallest absolute Gasteiger partial charge is 0.219 e. The summed E-state index contributed by atoms with van der Waals surface area (Å²) < 4.78 is 0. The van der Waals surface area contributed by atoms with Gasteiger partial charge >= 0.3 is 0 Å². The number of hydrogen-bond donors (Lipinski definition) is 2. The standard InChI is InChI=1S/C11H14Cl2N2O/c1-2-9(6-11(14)16)15-10-4-7(12)3-8(13)5-10/h3-5,9,15H,2,6H2,1H3,(H2,14,16)/t9-/m1/s1. The minimum absolute atomic E-state index is 0.00651. The normalized spacial score (nSPS) is 12.2. The van der Waals surface area contributed by atoms with E-state index < -0.39 is 0 Å². The fraction of sp³-hybridized carbons (Fsp3) is 0.364. The molecule has 0 bridgehead atoms. The van der Waals surface area contributed by atoms with Crippen LogP contribution in [0.1, 0.15) is 19.8 Å². The topological polar surface area (TPSA) is 55.1 Å². The summed E-state index contributed by atoms with van der Waals surface area (Å²) in [6.07, 6.45) is 1.09. The van der Waals surface area contributed by atoms with Gasteiger partial charge in [0.05, 0.1) is 0 Å². The molecule has 5 heteroatoms. The first-order valence-electron chi connectivity index (χ1n) is 5.02. The molecule has 0 aliphatic heterocycles. The number of halogens is 2. The summed E-state index contributed by atoms with van der Waals surface area (Å²) in [5, 5.41) is 4.29. The van der Waals surface area contributed by atoms with Crippen LogP contribution in [0.5, 0.6) is 0 Å². The monoisotopic (exact) mass is 260 g/mol. The number of hydrogen-bond acceptors (Lipinski definition) is 2. The molecule has 0 fully saturated rings. The lowest BCUT2D eigenvalue weighted by atomic mass is 10.1. The van der Waals surface area contributed by atoms with Crippen molar-refractivity contribution in [2.45, 2.75) is 25.8 Å². The van der Waals surface area contributed by atoms with Gasteiger partial charge in [0.15, 0.2) is 0 Å². The van der Waals surface area contributed by atoms with Crippen molar-refractivity contribution in [3.63, 3.8) is 0 Å². The molecule has 16 heavy (non-hydrogen) atoms. The SMILES string of the molecule is CC[C@H](CC(N)=O)Nc1cc(Cl)cc(Cl)c1. The zero-order valence-corrected chi connectivity index (χ0v) is 10.5. The fourth-order valence-corrected chi connectivity index (χ4v) is 1.94. The van der Waals surface area contributed by atoms with Crippen molar-refractivity contribution in [1.29, 1.82) is 0 Å². The highest BCUT2D eigenvalue weighted by molar-refractivity contribution is 6.35. The van der Waals surface area contributed by atoms with Gasteiger partial charge in [-0.2, -0.15) is 0 Å². The van der Waals surface area contributed by atoms with Crippen LogP contribution in [0.4, 0.5) is 5.69 Å². The fourth-order valence-electron chi connectivity index (χ4n) is 1.41. The summed E-state index contributed by atoms with van der Waals surface area (Å²) in [5.41, 5.74) is 5.95. The van der Waals surface area contributed by atoms with E-state index in [9.17, 15) is 4.79 Å². The molecule has 0 spiro atoms. The van der Waals surface area contributed by atoms with E-state index in [4.69, 9.17) is 28.9 Å². The molecule has 1 aromatic rings. The lowest BCUT2D eigenvalue weighted by molar-refractivity contribution is -0.118. The highest BCUT2D eigenvalue weighted by Gasteiger charge is 2.10. The van der Waals surface area contributed by atoms with Gasteiger partial charge < -0.3 is 11.1 Å². The van der Waals surface area contributed by atoms with Crippen molar-refractivity contribution in [3.8, 4) is 0 Å². The number of primary amides is 1. The number of benzene rings is 1. The predicted molar refractivity (Wildman–Crippen MR) is 68.0 cm³/mol. The maximum absolute atomic E-state index is 10.8. The highest BCUT2D eigenvalue weighted by Crippen LogP contribution is 2.23. The maximum atomic E-state index is 10.8. The van der Waals surface area contributed by atoms with Gasteiger partial charge in [-0.15, -0.1) is 0 Å². The molecule has 0 aromatic heterocycles. The number of carbonyl (C=O) groups is 1. The molecular weight excluding hydrogens is 247 g/mol. The summed E-state index contributed by atoms with van der Waals surface area (Å²) in [5.74, 6) is -0.326. The second-order valence-corrected chi connectivity index (χ2v) is 4.45. The number of nitrogens with two attached hydrogens (primary N) is 1. The van der Waals surface area contributed by atoms with E-state index >= 15 is 0 Å². The third kappa shape index (κ3) is 4.29. The van der Waals surface area contributed by atoms with Crippen molar-refractivity contribution in [2.24, 2.45) is 5.73 Å². The maximum Gasteiger partial charge on any atom is 0.219 e. The number of carbonyl (C=O) groups excluding carboxylic acids is 1. The van der Waals surface area contributed by atoms with Crippen molar-refractivity contribution in [1.82, 2.24) is 0 Å². The second-order valence-electron chi connectivity index (χ2n) is 3.58. The van der Waals surface area contributed by atoms with Crippen molar-refractivity contribution in [2.75, 3.05) is 5.32 Å². The van der Waals surface area contributed by atoms with E-state index in [1.54, 1.807) is 18.2 Å². The number of amides is 1. The van der Waals surface area contributed by atoms with Crippen LogP contribution in [0.2, 0.25) is 10.0 Å². The summed E-state index contributed by atoms with van der Waals surface area (Å²) in [4.78, 5) is 10.8. The van der Waals surface area contributed by atoms with Crippen LogP contribution in [-0.2, 0) is 4.79 Å². The Labute approximate surface area is 105 Å². The van der Waals surface area contributed by atoms with Crippen LogP contribution in [0.15, 0.2) is 18.2 Å². The molecule has 0 saturated carbocycles. The molecule has 0 radical (unpaired) electrons. The molecule has 1 rings (SSSR count). The van der Waals surface area contributed by atoms with E-state index in [2.05, 4.69) is 5.32 Å². The van der Waals surface area contributed by atoms with Gasteiger partial charge in [0.1, 0.15) is 0 Å². The van der Waals surface area contributed by atoms with Gasteiger partial charge in [-0.25, -0.2) is 0 Å². The first-order valence-corrected chi connectivity index (χ1v) is 5.77. The minimum Gasteiger partial charge on any atom is -0.382 e. The van der Waals surface area contributed by atoms with Crippen molar-refractivity contribution < 1.29 is 4.79 Å². The Morgan fingerprint density at radius 2 is 1.94 bits per heavy atom. The Morgan fingerprint density at radius 1 is 1.38 bits per heavy atom. The van der Waals surface area contributed by atoms with Gasteiger partial charge in [-0.1, -0.05) is 30.1 Å². The van der Waals surface area contributed by atoms with Gasteiger partial charge in [0, 0.05) is 28.2 Å². The molecule has 88 valence electrons. The van der Waals surface area contributed by atoms with Gasteiger partial charge in [-0.05, 0) is 24.6 Å². The minimum atomic E-state index is -0.326. The van der Waals surface area contributed by atoms with E-state index in [0.29, 0.717) is 16.5 Å². The molecule has 3 N–H and O–H groups in total. The Kier molecular flexibility index (Phi) is 4.90. The van der Waals surface area contributed by atoms with Gasteiger partial charge in [-0.3, -0.25) is 4.79 Å². The number of rotatable bonds is 5. The van der Waals surface area contributed by atoms with Gasteiger partial charge in [0.2, 0.25) is 5.91 Å². The van der Waals surface area contributed by atoms with Crippen LogP contribution in [-0.4, -0.2) is 11.9 Å². The van der Waals surface area contributed by atoms with E-state index in [0.717, 1.165) is 12.1 Å². The van der Waals surface area contributed by atoms with E-state index in [-0.39, 0.29) is 11.9 Å².